The summed E-state index contributed by atoms with van der Waals surface area (Å²) in [6.07, 6.45) is 3.43. The average molecular weight is 292 g/mol. The van der Waals surface area contributed by atoms with Crippen LogP contribution in [0.2, 0.25) is 0 Å². The van der Waals surface area contributed by atoms with Gasteiger partial charge in [0.05, 0.1) is 12.7 Å². The molecule has 1 aliphatic heterocycles. The first-order chi connectivity index (χ1) is 10.1. The zero-order chi connectivity index (χ0) is 15.2. The third kappa shape index (κ3) is 4.36. The van der Waals surface area contributed by atoms with Gasteiger partial charge in [-0.05, 0) is 38.3 Å². The second kappa shape index (κ2) is 7.31. The molecule has 0 bridgehead atoms. The lowest BCUT2D eigenvalue weighted by Crippen LogP contribution is -2.37. The number of hydrogen-bond donors (Lipinski definition) is 1. The van der Waals surface area contributed by atoms with Crippen LogP contribution in [-0.2, 0) is 4.74 Å². The third-order valence-corrected chi connectivity index (χ3v) is 3.58. The van der Waals surface area contributed by atoms with Crippen LogP contribution in [0.25, 0.3) is 0 Å². The number of anilines is 1. The minimum Gasteiger partial charge on any atom is -0.494 e. The van der Waals surface area contributed by atoms with Gasteiger partial charge in [-0.3, -0.25) is 4.79 Å². The van der Waals surface area contributed by atoms with E-state index in [9.17, 15) is 4.79 Å². The molecule has 116 valence electrons. The first-order valence-corrected chi connectivity index (χ1v) is 7.50. The first kappa shape index (κ1) is 15.6. The summed E-state index contributed by atoms with van der Waals surface area (Å²) in [5.74, 6) is 0.570. The molecular formula is C16H24N2O3. The number of carbonyl (C=O) groups is 1. The van der Waals surface area contributed by atoms with E-state index in [0.29, 0.717) is 30.2 Å². The molecule has 0 aliphatic carbocycles. The highest BCUT2D eigenvalue weighted by Crippen LogP contribution is 2.21. The number of nitrogen functional groups attached to an aromatic ring is 1. The average Bonchev–Trinajstić information content (AvgIpc) is 2.47. The van der Waals surface area contributed by atoms with Crippen LogP contribution in [0.3, 0.4) is 0 Å². The Balaban J connectivity index is 2.03. The monoisotopic (exact) mass is 292 g/mol. The summed E-state index contributed by atoms with van der Waals surface area (Å²) in [6.45, 7) is 3.84. The normalized spacial score (nSPS) is 18.3. The zero-order valence-electron chi connectivity index (χ0n) is 12.8. The van der Waals surface area contributed by atoms with E-state index in [2.05, 4.69) is 0 Å². The summed E-state index contributed by atoms with van der Waals surface area (Å²) in [7, 11) is 1.80. The number of nitrogens with two attached hydrogens (primary N) is 1. The van der Waals surface area contributed by atoms with Gasteiger partial charge in [-0.25, -0.2) is 0 Å². The Labute approximate surface area is 126 Å². The predicted octanol–water partition coefficient (Wildman–Crippen LogP) is 2.31. The van der Waals surface area contributed by atoms with Crippen LogP contribution in [0.1, 0.15) is 36.5 Å². The van der Waals surface area contributed by atoms with Gasteiger partial charge < -0.3 is 20.1 Å². The van der Waals surface area contributed by atoms with Crippen LogP contribution >= 0.6 is 0 Å². The molecule has 21 heavy (non-hydrogen) atoms. The molecule has 0 aromatic heterocycles. The molecule has 0 spiro atoms. The Morgan fingerprint density at radius 3 is 2.90 bits per heavy atom. The minimum atomic E-state index is -0.0579. The summed E-state index contributed by atoms with van der Waals surface area (Å²) in [5.41, 5.74) is 6.92. The van der Waals surface area contributed by atoms with Crippen molar-refractivity contribution in [1.29, 1.82) is 0 Å². The lowest BCUT2D eigenvalue weighted by atomic mass is 10.1. The highest BCUT2D eigenvalue weighted by Gasteiger charge is 2.20. The molecule has 5 heteroatoms. The van der Waals surface area contributed by atoms with Crippen molar-refractivity contribution in [3.63, 3.8) is 0 Å². The van der Waals surface area contributed by atoms with E-state index < -0.39 is 0 Å². The van der Waals surface area contributed by atoms with E-state index in [1.165, 1.54) is 6.42 Å². The van der Waals surface area contributed by atoms with Crippen LogP contribution in [0.5, 0.6) is 5.75 Å². The number of rotatable bonds is 5. The molecule has 0 saturated carbocycles. The maximum Gasteiger partial charge on any atom is 0.253 e. The van der Waals surface area contributed by atoms with Crippen molar-refractivity contribution in [1.82, 2.24) is 4.90 Å². The number of ether oxygens (including phenoxy) is 2. The molecule has 1 heterocycles. The Morgan fingerprint density at radius 1 is 1.43 bits per heavy atom. The van der Waals surface area contributed by atoms with Gasteiger partial charge in [0.2, 0.25) is 0 Å². The molecule has 5 nitrogen and oxygen atoms in total. The van der Waals surface area contributed by atoms with E-state index in [1.54, 1.807) is 30.1 Å². The number of amides is 1. The van der Waals surface area contributed by atoms with E-state index in [1.807, 2.05) is 6.92 Å². The first-order valence-electron chi connectivity index (χ1n) is 7.50. The molecule has 1 aliphatic rings. The van der Waals surface area contributed by atoms with Gasteiger partial charge in [-0.1, -0.05) is 0 Å². The SMILES string of the molecule is CCOc1cc(N)cc(C(=O)N(C)CC2CCCCO2)c1. The Hall–Kier alpha value is -1.75. The number of hydrogen-bond acceptors (Lipinski definition) is 4. The molecular weight excluding hydrogens is 268 g/mol. The standard InChI is InChI=1S/C16H24N2O3/c1-3-20-15-9-12(8-13(17)10-15)16(19)18(2)11-14-6-4-5-7-21-14/h8-10,14H,3-7,11,17H2,1-2H3. The molecule has 0 radical (unpaired) electrons. The molecule has 1 aromatic carbocycles. The van der Waals surface area contributed by atoms with Crippen molar-refractivity contribution in [3.05, 3.63) is 23.8 Å². The highest BCUT2D eigenvalue weighted by molar-refractivity contribution is 5.95. The maximum absolute atomic E-state index is 12.5. The van der Waals surface area contributed by atoms with Crippen molar-refractivity contribution in [2.45, 2.75) is 32.3 Å². The Bertz CT molecular complexity index is 484. The fourth-order valence-electron chi connectivity index (χ4n) is 2.56. The zero-order valence-corrected chi connectivity index (χ0v) is 12.8. The summed E-state index contributed by atoms with van der Waals surface area (Å²) in [5, 5.41) is 0. The van der Waals surface area contributed by atoms with Crippen molar-refractivity contribution >= 4 is 11.6 Å². The van der Waals surface area contributed by atoms with Crippen molar-refractivity contribution in [2.24, 2.45) is 0 Å². The highest BCUT2D eigenvalue weighted by atomic mass is 16.5. The molecule has 1 aromatic rings. The van der Waals surface area contributed by atoms with E-state index in [-0.39, 0.29) is 12.0 Å². The van der Waals surface area contributed by atoms with Gasteiger partial charge in [0.1, 0.15) is 5.75 Å². The second-order valence-electron chi connectivity index (χ2n) is 5.40. The van der Waals surface area contributed by atoms with Crippen LogP contribution < -0.4 is 10.5 Å². The largest absolute Gasteiger partial charge is 0.494 e. The summed E-state index contributed by atoms with van der Waals surface area (Å²) < 4.78 is 11.1. The minimum absolute atomic E-state index is 0.0579. The topological polar surface area (TPSA) is 64.8 Å². The van der Waals surface area contributed by atoms with Crippen LogP contribution in [0.4, 0.5) is 5.69 Å². The predicted molar refractivity (Wildman–Crippen MR) is 82.6 cm³/mol. The van der Waals surface area contributed by atoms with Gasteiger partial charge in [-0.2, -0.15) is 0 Å². The molecule has 1 amide bonds. The fourth-order valence-corrected chi connectivity index (χ4v) is 2.56. The van der Waals surface area contributed by atoms with Gasteiger partial charge in [-0.15, -0.1) is 0 Å². The Kier molecular flexibility index (Phi) is 5.44. The fraction of sp³-hybridized carbons (Fsp3) is 0.562. The molecule has 1 unspecified atom stereocenters. The van der Waals surface area contributed by atoms with Gasteiger partial charge in [0, 0.05) is 37.5 Å². The lowest BCUT2D eigenvalue weighted by molar-refractivity contribution is -0.000189. The van der Waals surface area contributed by atoms with Gasteiger partial charge in [0.15, 0.2) is 0 Å². The Morgan fingerprint density at radius 2 is 2.24 bits per heavy atom. The molecule has 1 atom stereocenters. The summed E-state index contributed by atoms with van der Waals surface area (Å²) in [4.78, 5) is 14.2. The number of nitrogens with zero attached hydrogens (tertiary/aromatic N) is 1. The van der Waals surface area contributed by atoms with E-state index >= 15 is 0 Å². The van der Waals surface area contributed by atoms with Gasteiger partial charge in [0.25, 0.3) is 5.91 Å². The van der Waals surface area contributed by atoms with Gasteiger partial charge >= 0.3 is 0 Å². The lowest BCUT2D eigenvalue weighted by Gasteiger charge is -2.27. The molecule has 2 N–H and O–H groups in total. The summed E-state index contributed by atoms with van der Waals surface area (Å²) in [6, 6.07) is 5.15. The summed E-state index contributed by atoms with van der Waals surface area (Å²) >= 11 is 0. The second-order valence-corrected chi connectivity index (χ2v) is 5.40. The van der Waals surface area contributed by atoms with Crippen LogP contribution in [-0.4, -0.2) is 43.7 Å². The van der Waals surface area contributed by atoms with Crippen molar-refractivity contribution in [2.75, 3.05) is 32.5 Å². The molecule has 1 saturated heterocycles. The van der Waals surface area contributed by atoms with Crippen LogP contribution in [0, 0.1) is 0 Å². The van der Waals surface area contributed by atoms with Crippen molar-refractivity contribution < 1.29 is 14.3 Å². The van der Waals surface area contributed by atoms with Crippen molar-refractivity contribution in [3.8, 4) is 5.75 Å². The third-order valence-electron chi connectivity index (χ3n) is 3.58. The smallest absolute Gasteiger partial charge is 0.253 e. The van der Waals surface area contributed by atoms with E-state index in [0.717, 1.165) is 19.4 Å². The van der Waals surface area contributed by atoms with E-state index in [4.69, 9.17) is 15.2 Å². The number of benzene rings is 1. The molecule has 2 rings (SSSR count). The van der Waals surface area contributed by atoms with Crippen LogP contribution in [0.15, 0.2) is 18.2 Å². The quantitative estimate of drug-likeness (QED) is 0.846. The number of carbonyl (C=O) groups excluding carboxylic acids is 1. The molecule has 1 fully saturated rings. The number of likely N-dealkylation sites (N-methyl/N-ethyl adjacent to an activating group) is 1. The maximum atomic E-state index is 12.5.